The Bertz CT molecular complexity index is 1340. The minimum Gasteiger partial charge on any atom is -0.488 e. The molecule has 2 heterocycles. The standard InChI is InChI=1S/C34H44N2O4/c1-32(2,3)40-31(37)35-21-25(23-39-36-33(4,5)18-13-19-34(36,6)7)30-27-17-12-11-16-26(27)29(20-28(30)35)38-22-24-14-9-8-10-15-24/h8-12,14-17,20,25H,13,18-19,21-23H2,1-7H3. The van der Waals surface area contributed by atoms with E-state index in [2.05, 4.69) is 63.1 Å². The van der Waals surface area contributed by atoms with E-state index in [0.29, 0.717) is 19.8 Å². The molecule has 1 atom stereocenters. The first-order valence-corrected chi connectivity index (χ1v) is 14.5. The molecule has 0 spiro atoms. The zero-order valence-electron chi connectivity index (χ0n) is 25.1. The molecule has 1 amide bonds. The molecule has 6 nitrogen and oxygen atoms in total. The maximum atomic E-state index is 13.5. The minimum atomic E-state index is -0.600. The average Bonchev–Trinajstić information content (AvgIpc) is 3.24. The van der Waals surface area contributed by atoms with Crippen LogP contribution in [0.2, 0.25) is 0 Å². The average molecular weight is 545 g/mol. The van der Waals surface area contributed by atoms with Crippen LogP contribution < -0.4 is 9.64 Å². The lowest BCUT2D eigenvalue weighted by Crippen LogP contribution is -2.58. The van der Waals surface area contributed by atoms with Crippen LogP contribution in [0.4, 0.5) is 10.5 Å². The van der Waals surface area contributed by atoms with Crippen molar-refractivity contribution in [3.63, 3.8) is 0 Å². The third kappa shape index (κ3) is 5.84. The van der Waals surface area contributed by atoms with Gasteiger partial charge in [-0.25, -0.2) is 4.79 Å². The summed E-state index contributed by atoms with van der Waals surface area (Å²) >= 11 is 0. The van der Waals surface area contributed by atoms with Gasteiger partial charge >= 0.3 is 6.09 Å². The fraction of sp³-hybridized carbons (Fsp3) is 0.500. The SMILES string of the molecule is CC(C)(C)OC(=O)N1CC(CON2C(C)(C)CCCC2(C)C)c2c1cc(OCc1ccccc1)c1ccccc21. The number of carbonyl (C=O) groups excluding carboxylic acids is 1. The summed E-state index contributed by atoms with van der Waals surface area (Å²) in [5.74, 6) is 0.746. The molecule has 3 aromatic rings. The summed E-state index contributed by atoms with van der Waals surface area (Å²) < 4.78 is 12.2. The summed E-state index contributed by atoms with van der Waals surface area (Å²) in [5, 5.41) is 4.32. The molecule has 0 N–H and O–H groups in total. The van der Waals surface area contributed by atoms with Gasteiger partial charge in [-0.15, -0.1) is 0 Å². The number of rotatable bonds is 6. The van der Waals surface area contributed by atoms with Crippen LogP contribution >= 0.6 is 0 Å². The number of carbonyl (C=O) groups is 1. The molecule has 1 fully saturated rings. The quantitative estimate of drug-likeness (QED) is 0.313. The summed E-state index contributed by atoms with van der Waals surface area (Å²) in [4.78, 5) is 22.0. The van der Waals surface area contributed by atoms with Gasteiger partial charge in [0.25, 0.3) is 0 Å². The van der Waals surface area contributed by atoms with Crippen molar-refractivity contribution in [2.75, 3.05) is 18.1 Å². The molecular weight excluding hydrogens is 500 g/mol. The predicted molar refractivity (Wildman–Crippen MR) is 161 cm³/mol. The molecule has 2 aliphatic rings. The maximum absolute atomic E-state index is 13.5. The fourth-order valence-corrected chi connectivity index (χ4v) is 6.38. The van der Waals surface area contributed by atoms with Gasteiger partial charge in [-0.05, 0) is 84.2 Å². The van der Waals surface area contributed by atoms with Crippen molar-refractivity contribution in [3.05, 3.63) is 71.8 Å². The van der Waals surface area contributed by atoms with Gasteiger partial charge in [-0.3, -0.25) is 9.74 Å². The Balaban J connectivity index is 1.52. The van der Waals surface area contributed by atoms with E-state index in [4.69, 9.17) is 14.3 Å². The predicted octanol–water partition coefficient (Wildman–Crippen LogP) is 8.23. The Labute approximate surface area is 239 Å². The summed E-state index contributed by atoms with van der Waals surface area (Å²) in [6, 6.07) is 20.5. The fourth-order valence-electron chi connectivity index (χ4n) is 6.38. The largest absolute Gasteiger partial charge is 0.488 e. The van der Waals surface area contributed by atoms with E-state index in [0.717, 1.165) is 46.2 Å². The number of anilines is 1. The molecule has 0 aromatic heterocycles. The van der Waals surface area contributed by atoms with Crippen LogP contribution in [-0.2, 0) is 16.2 Å². The van der Waals surface area contributed by atoms with Gasteiger partial charge in [0.05, 0.1) is 12.3 Å². The molecule has 0 aliphatic carbocycles. The Morgan fingerprint density at radius 3 is 2.20 bits per heavy atom. The maximum Gasteiger partial charge on any atom is 0.414 e. The summed E-state index contributed by atoms with van der Waals surface area (Å²) in [7, 11) is 0. The number of ether oxygens (including phenoxy) is 2. The third-order valence-electron chi connectivity index (χ3n) is 8.06. The van der Waals surface area contributed by atoms with Crippen LogP contribution in [0.15, 0.2) is 60.7 Å². The van der Waals surface area contributed by atoms with Gasteiger partial charge in [0.2, 0.25) is 0 Å². The van der Waals surface area contributed by atoms with Gasteiger partial charge in [0.15, 0.2) is 0 Å². The third-order valence-corrected chi connectivity index (χ3v) is 8.06. The first kappa shape index (κ1) is 28.4. The molecule has 0 radical (unpaired) electrons. The molecule has 214 valence electrons. The van der Waals surface area contributed by atoms with Crippen LogP contribution in [0.5, 0.6) is 5.75 Å². The summed E-state index contributed by atoms with van der Waals surface area (Å²) in [6.07, 6.45) is 3.02. The number of nitrogens with zero attached hydrogens (tertiary/aromatic N) is 2. The second-order valence-corrected chi connectivity index (χ2v) is 13.5. The van der Waals surface area contributed by atoms with Gasteiger partial charge < -0.3 is 9.47 Å². The lowest BCUT2D eigenvalue weighted by atomic mass is 9.82. The Kier molecular flexibility index (Phi) is 7.62. The highest BCUT2D eigenvalue weighted by molar-refractivity contribution is 6.02. The second kappa shape index (κ2) is 10.7. The number of amides is 1. The second-order valence-electron chi connectivity index (χ2n) is 13.5. The van der Waals surface area contributed by atoms with Crippen molar-refractivity contribution in [2.24, 2.45) is 0 Å². The number of hydrogen-bond donors (Lipinski definition) is 0. The smallest absolute Gasteiger partial charge is 0.414 e. The van der Waals surface area contributed by atoms with E-state index in [1.165, 1.54) is 6.42 Å². The summed E-state index contributed by atoms with van der Waals surface area (Å²) in [5.41, 5.74) is 2.31. The molecule has 6 heteroatoms. The number of fused-ring (bicyclic) bond motifs is 3. The number of piperidine rings is 1. The van der Waals surface area contributed by atoms with Crippen LogP contribution in [-0.4, -0.2) is 41.0 Å². The van der Waals surface area contributed by atoms with Crippen molar-refractivity contribution in [3.8, 4) is 5.75 Å². The minimum absolute atomic E-state index is 0.0101. The van der Waals surface area contributed by atoms with Crippen LogP contribution in [0.1, 0.15) is 84.8 Å². The normalized spacial score (nSPS) is 20.4. The van der Waals surface area contributed by atoms with Crippen molar-refractivity contribution < 1.29 is 19.1 Å². The number of hydrogen-bond acceptors (Lipinski definition) is 5. The Morgan fingerprint density at radius 2 is 1.55 bits per heavy atom. The number of benzene rings is 3. The molecule has 3 aromatic carbocycles. The Morgan fingerprint density at radius 1 is 0.925 bits per heavy atom. The highest BCUT2D eigenvalue weighted by atomic mass is 16.7. The van der Waals surface area contributed by atoms with E-state index in [9.17, 15) is 4.79 Å². The molecule has 1 unspecified atom stereocenters. The molecule has 0 saturated carbocycles. The summed E-state index contributed by atoms with van der Waals surface area (Å²) in [6.45, 7) is 16.2. The van der Waals surface area contributed by atoms with Crippen molar-refractivity contribution in [1.29, 1.82) is 0 Å². The highest BCUT2D eigenvalue weighted by Crippen LogP contribution is 2.47. The molecular formula is C34H44N2O4. The lowest BCUT2D eigenvalue weighted by Gasteiger charge is -2.51. The van der Waals surface area contributed by atoms with Crippen molar-refractivity contribution >= 4 is 22.6 Å². The number of hydroxylamine groups is 2. The van der Waals surface area contributed by atoms with E-state index >= 15 is 0 Å². The molecule has 1 saturated heterocycles. The van der Waals surface area contributed by atoms with Gasteiger partial charge in [-0.2, -0.15) is 5.06 Å². The highest BCUT2D eigenvalue weighted by Gasteiger charge is 2.44. The van der Waals surface area contributed by atoms with E-state index in [1.807, 2.05) is 51.1 Å². The van der Waals surface area contributed by atoms with Gasteiger partial charge in [0.1, 0.15) is 18.0 Å². The molecule has 40 heavy (non-hydrogen) atoms. The molecule has 2 aliphatic heterocycles. The van der Waals surface area contributed by atoms with E-state index in [1.54, 1.807) is 4.90 Å². The van der Waals surface area contributed by atoms with Crippen molar-refractivity contribution in [2.45, 2.75) is 96.9 Å². The zero-order chi connectivity index (χ0) is 28.7. The van der Waals surface area contributed by atoms with E-state index < -0.39 is 5.60 Å². The van der Waals surface area contributed by atoms with E-state index in [-0.39, 0.29) is 23.1 Å². The molecule has 5 rings (SSSR count). The topological polar surface area (TPSA) is 51.2 Å². The van der Waals surface area contributed by atoms with Gasteiger partial charge in [-0.1, -0.05) is 54.6 Å². The van der Waals surface area contributed by atoms with Crippen LogP contribution in [0, 0.1) is 0 Å². The van der Waals surface area contributed by atoms with Gasteiger partial charge in [0, 0.05) is 35.0 Å². The van der Waals surface area contributed by atoms with Crippen LogP contribution in [0.3, 0.4) is 0 Å². The first-order valence-electron chi connectivity index (χ1n) is 14.5. The zero-order valence-corrected chi connectivity index (χ0v) is 25.1. The Hall–Kier alpha value is -3.09. The lowest BCUT2D eigenvalue weighted by molar-refractivity contribution is -0.282. The first-order chi connectivity index (χ1) is 18.9. The molecule has 0 bridgehead atoms. The monoisotopic (exact) mass is 544 g/mol. The van der Waals surface area contributed by atoms with Crippen molar-refractivity contribution in [1.82, 2.24) is 5.06 Å². The van der Waals surface area contributed by atoms with Crippen LogP contribution in [0.25, 0.3) is 10.8 Å².